The number of carbonyl (C=O) groups is 4. The highest BCUT2D eigenvalue weighted by molar-refractivity contribution is 7.19. The molecule has 422 valence electrons. The molecule has 2 aliphatic heterocycles. The molecule has 4 aromatic heterocycles. The lowest BCUT2D eigenvalue weighted by Crippen LogP contribution is -2.44. The number of hydrogen-bond acceptors (Lipinski definition) is 23. The first-order valence-corrected chi connectivity index (χ1v) is 26.7. The summed E-state index contributed by atoms with van der Waals surface area (Å²) in [6.07, 6.45) is 0.583. The van der Waals surface area contributed by atoms with Gasteiger partial charge in [-0.25, -0.2) is 14.1 Å². The Labute approximate surface area is 458 Å². The number of aromatic nitrogens is 8. The summed E-state index contributed by atoms with van der Waals surface area (Å²) < 4.78 is 62.9. The first-order valence-electron chi connectivity index (χ1n) is 24.5. The molecule has 78 heavy (non-hydrogen) atoms. The molecule has 0 bridgehead atoms. The number of amides is 4. The van der Waals surface area contributed by atoms with E-state index in [1.807, 2.05) is 45.0 Å². The number of nitrogens with one attached hydrogen (secondary N) is 5. The molecule has 4 amide bonds. The van der Waals surface area contributed by atoms with Crippen molar-refractivity contribution < 1.29 is 55.8 Å². The summed E-state index contributed by atoms with van der Waals surface area (Å²) in [4.78, 5) is 49.1. The number of benzene rings is 2. The van der Waals surface area contributed by atoms with Crippen molar-refractivity contribution in [2.24, 2.45) is 5.73 Å². The van der Waals surface area contributed by atoms with Gasteiger partial charge in [-0.15, -0.1) is 32.0 Å². The fraction of sp³-hybridized carbons (Fsp3) is 0.489. The van der Waals surface area contributed by atoms with Crippen LogP contribution < -0.4 is 47.5 Å². The summed E-state index contributed by atoms with van der Waals surface area (Å²) in [5, 5.41) is 43.8. The van der Waals surface area contributed by atoms with Crippen molar-refractivity contribution in [2.45, 2.75) is 96.0 Å². The maximum Gasteiger partial charge on any atom is 0.471 e. The maximum absolute atomic E-state index is 12.4. The third-order valence-electron chi connectivity index (χ3n) is 10.9. The molecule has 2 aromatic carbocycles. The van der Waals surface area contributed by atoms with E-state index in [1.165, 1.54) is 18.2 Å². The van der Waals surface area contributed by atoms with Crippen LogP contribution in [-0.4, -0.2) is 145 Å². The second kappa shape index (κ2) is 29.6. The van der Waals surface area contributed by atoms with Crippen molar-refractivity contribution in [2.75, 3.05) is 73.5 Å². The molecule has 25 nitrogen and oxygen atoms in total. The smallest absolute Gasteiger partial charge is 0.471 e. The van der Waals surface area contributed by atoms with Crippen LogP contribution in [0.5, 0.6) is 11.5 Å². The van der Waals surface area contributed by atoms with E-state index in [4.69, 9.17) is 37.3 Å². The molecule has 0 radical (unpaired) electrons. The number of anilines is 4. The van der Waals surface area contributed by atoms with Crippen molar-refractivity contribution in [3.05, 3.63) is 59.7 Å². The minimum Gasteiger partial charge on any atom is -0.494 e. The molecule has 6 heterocycles. The van der Waals surface area contributed by atoms with Gasteiger partial charge in [0.1, 0.15) is 17.1 Å². The number of nitrogens with two attached hydrogens (primary N) is 2. The molecule has 9 N–H and O–H groups in total. The van der Waals surface area contributed by atoms with Crippen LogP contribution in [0.3, 0.4) is 0 Å². The molecule has 0 unspecified atom stereocenters. The minimum absolute atomic E-state index is 0.0139. The monoisotopic (exact) mass is 1150 g/mol. The van der Waals surface area contributed by atoms with Gasteiger partial charge in [0.2, 0.25) is 27.9 Å². The zero-order valence-corrected chi connectivity index (χ0v) is 45.2. The van der Waals surface area contributed by atoms with E-state index in [2.05, 4.69) is 71.5 Å². The van der Waals surface area contributed by atoms with E-state index in [-0.39, 0.29) is 52.5 Å². The highest BCUT2D eigenvalue weighted by Crippen LogP contribution is 2.31. The van der Waals surface area contributed by atoms with E-state index in [1.54, 1.807) is 29.2 Å². The standard InChI is InChI=1S/C20H26N8O3S.C17H14ClF3N6O4S.C10H20N2O2/c21-18-17(27-31-28-18)19-25-26-20(32-19)24-16(29)12-13-3-1-4-15(11-13)30-10-2-7-23-14-5-8-22-9-6-14;18-5-2-6-30-10-4-1-3-9(7-10)8-11(28)22-16-25-24-14(32-16)12-13(27-31-26-12)23-15(29)17(19,20)21;1-10(2,3)14-9(13)12-6-4-8(11)5-7-12/h1,3-4,11,14,22-23H,2,5-10,12H2,(H2,21,28)(H,24,26,29);1,3-4,7H,2,5-6,8H2,(H,22,25,28)(H,23,27,29);8H,4-7,11H2,1-3H3. The van der Waals surface area contributed by atoms with Crippen molar-refractivity contribution in [1.82, 2.24) is 56.6 Å². The normalized spacial score (nSPS) is 14.0. The maximum atomic E-state index is 12.4. The molecule has 31 heteroatoms. The van der Waals surface area contributed by atoms with Gasteiger partial charge in [-0.2, -0.15) is 13.2 Å². The number of likely N-dealkylation sites (tertiary alicyclic amines) is 1. The number of piperidine rings is 2. The number of hydrogen-bond donors (Lipinski definition) is 7. The van der Waals surface area contributed by atoms with Gasteiger partial charge in [0.15, 0.2) is 27.2 Å². The number of halogens is 4. The van der Waals surface area contributed by atoms with Crippen molar-refractivity contribution in [1.29, 1.82) is 0 Å². The Kier molecular flexibility index (Phi) is 22.8. The summed E-state index contributed by atoms with van der Waals surface area (Å²) in [7, 11) is 0. The van der Waals surface area contributed by atoms with E-state index in [0.29, 0.717) is 58.7 Å². The third kappa shape index (κ3) is 20.4. The van der Waals surface area contributed by atoms with E-state index >= 15 is 0 Å². The molecule has 6 aromatic rings. The molecule has 2 fully saturated rings. The quantitative estimate of drug-likeness (QED) is 0.0356. The highest BCUT2D eigenvalue weighted by Gasteiger charge is 2.40. The number of alkyl halides is 4. The molecule has 8 rings (SSSR count). The number of nitrogen functional groups attached to an aromatic ring is 1. The Bertz CT molecular complexity index is 2850. The molecule has 2 saturated heterocycles. The van der Waals surface area contributed by atoms with Gasteiger partial charge < -0.3 is 51.8 Å². The van der Waals surface area contributed by atoms with Crippen molar-refractivity contribution in [3.63, 3.8) is 0 Å². The van der Waals surface area contributed by atoms with Crippen LogP contribution in [0.15, 0.2) is 57.8 Å². The summed E-state index contributed by atoms with van der Waals surface area (Å²) in [6.45, 7) is 11.3. The molecule has 0 spiro atoms. The average molecular weight is 1150 g/mol. The summed E-state index contributed by atoms with van der Waals surface area (Å²) in [5.74, 6) is -1.48. The van der Waals surface area contributed by atoms with Gasteiger partial charge in [0.25, 0.3) is 0 Å². The van der Waals surface area contributed by atoms with Crippen LogP contribution in [0.2, 0.25) is 0 Å². The number of rotatable bonds is 19. The van der Waals surface area contributed by atoms with Gasteiger partial charge in [-0.1, -0.05) is 46.9 Å². The number of ether oxygens (including phenoxy) is 3. The molecule has 0 aliphatic carbocycles. The highest BCUT2D eigenvalue weighted by atomic mass is 35.5. The van der Waals surface area contributed by atoms with Gasteiger partial charge >= 0.3 is 18.2 Å². The molecule has 0 atom stereocenters. The first-order chi connectivity index (χ1) is 37.3. The second-order valence-corrected chi connectivity index (χ2v) is 20.7. The average Bonchev–Trinajstić information content (AvgIpc) is 4.28. The molecule has 0 saturated carbocycles. The third-order valence-corrected chi connectivity index (χ3v) is 12.8. The van der Waals surface area contributed by atoms with Crippen LogP contribution in [-0.2, 0) is 32.0 Å². The van der Waals surface area contributed by atoms with Crippen LogP contribution >= 0.6 is 34.3 Å². The van der Waals surface area contributed by atoms with Crippen LogP contribution in [0, 0.1) is 0 Å². The Balaban J connectivity index is 0.000000204. The van der Waals surface area contributed by atoms with Crippen molar-refractivity contribution in [3.8, 4) is 32.9 Å². The molecule has 2 aliphatic rings. The van der Waals surface area contributed by atoms with E-state index in [0.717, 1.165) is 86.0 Å². The SMILES string of the molecule is CC(C)(C)OC(=O)N1CCC(N)CC1.Nc1nonc1-c1nnc(NC(=O)Cc2cccc(OCCCNC3CCNCC3)c2)s1.O=C(Cc1cccc(OCCCCl)c1)Nc1nnc(-c2nonc2NC(=O)C(F)(F)F)s1. The second-order valence-electron chi connectivity index (χ2n) is 18.4. The predicted octanol–water partition coefficient (Wildman–Crippen LogP) is 6.08. The topological polar surface area (TPSA) is 341 Å². The summed E-state index contributed by atoms with van der Waals surface area (Å²) in [5.41, 5.74) is 12.6. The Morgan fingerprint density at radius 2 is 1.32 bits per heavy atom. The van der Waals surface area contributed by atoms with Gasteiger partial charge in [-0.05, 0) is 135 Å². The lowest BCUT2D eigenvalue weighted by atomic mass is 10.1. The summed E-state index contributed by atoms with van der Waals surface area (Å²) in [6, 6.07) is 15.4. The fourth-order valence-corrected chi connectivity index (χ4v) is 8.71. The predicted molar refractivity (Wildman–Crippen MR) is 283 cm³/mol. The Morgan fingerprint density at radius 3 is 1.86 bits per heavy atom. The lowest BCUT2D eigenvalue weighted by Gasteiger charge is -2.32. The van der Waals surface area contributed by atoms with Crippen LogP contribution in [0.25, 0.3) is 21.4 Å². The van der Waals surface area contributed by atoms with Crippen LogP contribution in [0.4, 0.5) is 39.9 Å². The van der Waals surface area contributed by atoms with Crippen molar-refractivity contribution >= 4 is 80.0 Å². The molecular weight excluding hydrogens is 1090 g/mol. The fourth-order valence-electron chi connectivity index (χ4n) is 7.11. The summed E-state index contributed by atoms with van der Waals surface area (Å²) >= 11 is 7.56. The van der Waals surface area contributed by atoms with Gasteiger partial charge in [0, 0.05) is 31.1 Å². The number of carbonyl (C=O) groups excluding carboxylic acids is 4. The largest absolute Gasteiger partial charge is 0.494 e. The van der Waals surface area contributed by atoms with E-state index < -0.39 is 29.4 Å². The number of nitrogens with zero attached hydrogens (tertiary/aromatic N) is 9. The lowest BCUT2D eigenvalue weighted by molar-refractivity contribution is -0.167. The zero-order chi connectivity index (χ0) is 56.1. The molecular formula is C47H60ClF3N16O9S2. The minimum atomic E-state index is -5.12. The van der Waals surface area contributed by atoms with E-state index in [9.17, 15) is 32.3 Å². The zero-order valence-electron chi connectivity index (χ0n) is 42.8. The Hall–Kier alpha value is -7.12. The van der Waals surface area contributed by atoms with Gasteiger partial charge in [-0.3, -0.25) is 19.7 Å². The first kappa shape index (κ1) is 60.1. The van der Waals surface area contributed by atoms with Crippen LogP contribution in [0.1, 0.15) is 70.4 Å². The van der Waals surface area contributed by atoms with Gasteiger partial charge in [0.05, 0.1) is 26.1 Å². The Morgan fingerprint density at radius 1 is 0.769 bits per heavy atom.